The monoisotopic (exact) mass is 260 g/mol. The molecule has 0 amide bonds. The maximum Gasteiger partial charge on any atom is 0.337 e. The molecular weight excluding hydrogens is 246 g/mol. The van der Waals surface area contributed by atoms with Crippen molar-refractivity contribution in [3.8, 4) is 0 Å². The van der Waals surface area contributed by atoms with E-state index in [1.54, 1.807) is 6.07 Å². The van der Waals surface area contributed by atoms with Gasteiger partial charge in [0, 0.05) is 19.3 Å². The average molecular weight is 260 g/mol. The summed E-state index contributed by atoms with van der Waals surface area (Å²) in [5, 5.41) is 11.6. The molecule has 0 spiro atoms. The second kappa shape index (κ2) is 7.67. The first kappa shape index (κ1) is 14.5. The number of rotatable bonds is 8. The number of nitrogens with one attached hydrogen (secondary N) is 1. The summed E-state index contributed by atoms with van der Waals surface area (Å²) < 4.78 is 28.1. The van der Waals surface area contributed by atoms with Crippen molar-refractivity contribution in [2.45, 2.75) is 13.0 Å². The number of aromatic carboxylic acids is 1. The minimum atomic E-state index is -2.45. The largest absolute Gasteiger partial charge is 0.478 e. The van der Waals surface area contributed by atoms with Gasteiger partial charge in [-0.1, -0.05) is 0 Å². The van der Waals surface area contributed by atoms with Crippen LogP contribution in [0.4, 0.5) is 8.78 Å². The lowest BCUT2D eigenvalue weighted by molar-refractivity contribution is 0.0187. The zero-order chi connectivity index (χ0) is 13.4. The van der Waals surface area contributed by atoms with E-state index in [0.29, 0.717) is 18.8 Å². The fraction of sp³-hybridized carbons (Fsp3) is 0.455. The minimum absolute atomic E-state index is 0.124. The van der Waals surface area contributed by atoms with E-state index in [4.69, 9.17) is 5.11 Å². The number of carboxylic acid groups (broad SMARTS) is 1. The third kappa shape index (κ3) is 5.65. The predicted octanol–water partition coefficient (Wildman–Crippen LogP) is 1.15. The molecular formula is C11H14F2N2O3. The Balaban J connectivity index is 2.17. The van der Waals surface area contributed by atoms with E-state index in [9.17, 15) is 13.6 Å². The van der Waals surface area contributed by atoms with E-state index >= 15 is 0 Å². The molecule has 0 aliphatic carbocycles. The van der Waals surface area contributed by atoms with Crippen LogP contribution in [0.1, 0.15) is 16.1 Å². The summed E-state index contributed by atoms with van der Waals surface area (Å²) >= 11 is 0. The van der Waals surface area contributed by atoms with Crippen molar-refractivity contribution in [1.82, 2.24) is 10.3 Å². The lowest BCUT2D eigenvalue weighted by Crippen LogP contribution is -2.21. The highest BCUT2D eigenvalue weighted by Crippen LogP contribution is 1.99. The Morgan fingerprint density at radius 1 is 1.50 bits per heavy atom. The van der Waals surface area contributed by atoms with Gasteiger partial charge in [0.05, 0.1) is 17.9 Å². The van der Waals surface area contributed by atoms with E-state index in [1.165, 1.54) is 12.3 Å². The molecule has 1 heterocycles. The molecule has 7 heteroatoms. The Labute approximate surface area is 103 Å². The van der Waals surface area contributed by atoms with Gasteiger partial charge in [-0.15, -0.1) is 0 Å². The molecule has 0 aromatic carbocycles. The molecule has 0 unspecified atom stereocenters. The molecule has 0 bridgehead atoms. The molecule has 5 nitrogen and oxygen atoms in total. The number of carbonyl (C=O) groups is 1. The summed E-state index contributed by atoms with van der Waals surface area (Å²) in [6.07, 6.45) is -1.18. The SMILES string of the molecule is O=C(O)c1ccc(CNCCOCC(F)F)nc1. The molecule has 0 aliphatic heterocycles. The van der Waals surface area contributed by atoms with Gasteiger partial charge in [0.25, 0.3) is 6.43 Å². The third-order valence-electron chi connectivity index (χ3n) is 2.04. The Hall–Kier alpha value is -1.60. The Morgan fingerprint density at radius 3 is 2.83 bits per heavy atom. The number of ether oxygens (including phenoxy) is 1. The molecule has 1 aromatic rings. The van der Waals surface area contributed by atoms with Gasteiger partial charge >= 0.3 is 5.97 Å². The van der Waals surface area contributed by atoms with E-state index in [0.717, 1.165) is 0 Å². The highest BCUT2D eigenvalue weighted by molar-refractivity contribution is 5.87. The number of carboxylic acids is 1. The zero-order valence-corrected chi connectivity index (χ0v) is 9.60. The lowest BCUT2D eigenvalue weighted by atomic mass is 10.2. The quantitative estimate of drug-likeness (QED) is 0.686. The molecule has 0 fully saturated rings. The minimum Gasteiger partial charge on any atom is -0.478 e. The first-order chi connectivity index (χ1) is 8.59. The van der Waals surface area contributed by atoms with E-state index in [2.05, 4.69) is 15.0 Å². The number of halogens is 2. The van der Waals surface area contributed by atoms with E-state index in [-0.39, 0.29) is 12.2 Å². The maximum atomic E-state index is 11.7. The Bertz CT molecular complexity index is 371. The first-order valence-electron chi connectivity index (χ1n) is 5.34. The molecule has 1 rings (SSSR count). The summed E-state index contributed by atoms with van der Waals surface area (Å²) in [6.45, 7) is 0.484. The van der Waals surface area contributed by atoms with Crippen LogP contribution < -0.4 is 5.32 Å². The van der Waals surface area contributed by atoms with Crippen LogP contribution in [-0.4, -0.2) is 42.2 Å². The number of aromatic nitrogens is 1. The molecule has 1 aromatic heterocycles. The number of alkyl halides is 2. The Kier molecular flexibility index (Phi) is 6.16. The maximum absolute atomic E-state index is 11.7. The van der Waals surface area contributed by atoms with Crippen LogP contribution in [0, 0.1) is 0 Å². The van der Waals surface area contributed by atoms with Gasteiger partial charge in [0.1, 0.15) is 6.61 Å². The van der Waals surface area contributed by atoms with Crippen molar-refractivity contribution < 1.29 is 23.4 Å². The number of hydrogen-bond donors (Lipinski definition) is 2. The first-order valence-corrected chi connectivity index (χ1v) is 5.34. The van der Waals surface area contributed by atoms with E-state index in [1.807, 2.05) is 0 Å². The molecule has 2 N–H and O–H groups in total. The van der Waals surface area contributed by atoms with Crippen LogP contribution in [-0.2, 0) is 11.3 Å². The molecule has 0 aliphatic rings. The average Bonchev–Trinajstić information content (AvgIpc) is 2.34. The molecule has 0 atom stereocenters. The van der Waals surface area contributed by atoms with Crippen LogP contribution in [0.15, 0.2) is 18.3 Å². The van der Waals surface area contributed by atoms with Gasteiger partial charge < -0.3 is 15.2 Å². The number of nitrogens with zero attached hydrogens (tertiary/aromatic N) is 1. The van der Waals surface area contributed by atoms with Gasteiger partial charge in [-0.2, -0.15) is 0 Å². The van der Waals surface area contributed by atoms with Gasteiger partial charge in [-0.05, 0) is 12.1 Å². The van der Waals surface area contributed by atoms with Crippen molar-refractivity contribution in [1.29, 1.82) is 0 Å². The van der Waals surface area contributed by atoms with Crippen LogP contribution in [0.25, 0.3) is 0 Å². The second-order valence-electron chi connectivity index (χ2n) is 3.49. The smallest absolute Gasteiger partial charge is 0.337 e. The highest BCUT2D eigenvalue weighted by Gasteiger charge is 2.03. The van der Waals surface area contributed by atoms with Crippen molar-refractivity contribution in [2.24, 2.45) is 0 Å². The van der Waals surface area contributed by atoms with Gasteiger partial charge in [0.2, 0.25) is 0 Å². The van der Waals surface area contributed by atoms with Crippen LogP contribution in [0.5, 0.6) is 0 Å². The van der Waals surface area contributed by atoms with Crippen molar-refractivity contribution >= 4 is 5.97 Å². The van der Waals surface area contributed by atoms with Crippen molar-refractivity contribution in [3.63, 3.8) is 0 Å². The van der Waals surface area contributed by atoms with Gasteiger partial charge in [0.15, 0.2) is 0 Å². The van der Waals surface area contributed by atoms with Crippen LogP contribution in [0.2, 0.25) is 0 Å². The van der Waals surface area contributed by atoms with Crippen molar-refractivity contribution in [2.75, 3.05) is 19.8 Å². The highest BCUT2D eigenvalue weighted by atomic mass is 19.3. The van der Waals surface area contributed by atoms with Gasteiger partial charge in [-0.25, -0.2) is 13.6 Å². The molecule has 0 saturated carbocycles. The second-order valence-corrected chi connectivity index (χ2v) is 3.49. The summed E-state index contributed by atoms with van der Waals surface area (Å²) in [7, 11) is 0. The topological polar surface area (TPSA) is 71.5 Å². The standard InChI is InChI=1S/C11H14F2N2O3/c12-10(13)7-18-4-3-14-6-9-2-1-8(5-15-9)11(16)17/h1-2,5,10,14H,3-4,6-7H2,(H,16,17). The molecule has 0 saturated heterocycles. The summed E-state index contributed by atoms with van der Waals surface area (Å²) in [6, 6.07) is 3.05. The number of pyridine rings is 1. The summed E-state index contributed by atoms with van der Waals surface area (Å²) in [5.41, 5.74) is 0.799. The van der Waals surface area contributed by atoms with E-state index < -0.39 is 19.0 Å². The summed E-state index contributed by atoms with van der Waals surface area (Å²) in [5.74, 6) is -1.03. The lowest BCUT2D eigenvalue weighted by Gasteiger charge is -2.05. The fourth-order valence-corrected chi connectivity index (χ4v) is 1.19. The molecule has 18 heavy (non-hydrogen) atoms. The number of hydrogen-bond acceptors (Lipinski definition) is 4. The summed E-state index contributed by atoms with van der Waals surface area (Å²) in [4.78, 5) is 14.5. The zero-order valence-electron chi connectivity index (χ0n) is 9.60. The molecule has 0 radical (unpaired) electrons. The fourth-order valence-electron chi connectivity index (χ4n) is 1.19. The van der Waals surface area contributed by atoms with Crippen LogP contribution in [0.3, 0.4) is 0 Å². The predicted molar refractivity (Wildman–Crippen MR) is 59.7 cm³/mol. The normalized spacial score (nSPS) is 10.8. The third-order valence-corrected chi connectivity index (χ3v) is 2.04. The van der Waals surface area contributed by atoms with Crippen LogP contribution >= 0.6 is 0 Å². The van der Waals surface area contributed by atoms with Gasteiger partial charge in [-0.3, -0.25) is 4.98 Å². The Morgan fingerprint density at radius 2 is 2.28 bits per heavy atom. The van der Waals surface area contributed by atoms with Crippen molar-refractivity contribution in [3.05, 3.63) is 29.6 Å². The molecule has 100 valence electrons.